The van der Waals surface area contributed by atoms with Crippen molar-refractivity contribution in [1.82, 2.24) is 5.32 Å². The molecule has 0 rings (SSSR count). The fraction of sp³-hybridized carbons (Fsp3) is 0.909. The highest BCUT2D eigenvalue weighted by Gasteiger charge is 2.08. The van der Waals surface area contributed by atoms with Gasteiger partial charge in [-0.2, -0.15) is 0 Å². The van der Waals surface area contributed by atoms with Gasteiger partial charge in [-0.3, -0.25) is 4.79 Å². The van der Waals surface area contributed by atoms with Crippen molar-refractivity contribution in [3.8, 4) is 0 Å². The quantitative estimate of drug-likeness (QED) is 0.563. The minimum atomic E-state index is -0.0917. The van der Waals surface area contributed by atoms with E-state index in [-0.39, 0.29) is 11.8 Å². The van der Waals surface area contributed by atoms with Crippen LogP contribution >= 0.6 is 0 Å². The van der Waals surface area contributed by atoms with Crippen LogP contribution in [0.15, 0.2) is 0 Å². The Morgan fingerprint density at radius 1 is 1.40 bits per heavy atom. The van der Waals surface area contributed by atoms with E-state index in [9.17, 15) is 4.79 Å². The van der Waals surface area contributed by atoms with Gasteiger partial charge in [0.1, 0.15) is 0 Å². The minimum Gasteiger partial charge on any atom is -0.381 e. The first kappa shape index (κ1) is 14.4. The summed E-state index contributed by atoms with van der Waals surface area (Å²) in [6, 6.07) is 0. The first-order chi connectivity index (χ1) is 7.22. The van der Waals surface area contributed by atoms with Gasteiger partial charge in [0, 0.05) is 32.2 Å². The summed E-state index contributed by atoms with van der Waals surface area (Å²) < 4.78 is 5.37. The number of nitrogens with two attached hydrogens (primary N) is 1. The van der Waals surface area contributed by atoms with Crippen molar-refractivity contribution in [2.75, 3.05) is 26.3 Å². The molecule has 3 N–H and O–H groups in total. The predicted octanol–water partition coefficient (Wildman–Crippen LogP) is 0.904. The molecule has 0 aromatic heterocycles. The standard InChI is InChI=1S/C11H24N2O2/c1-3-4-7-15-8-5-6-13-11(14)10(2)9-12/h10H,3-9,12H2,1-2H3,(H,13,14). The number of hydrogen-bond donors (Lipinski definition) is 2. The Morgan fingerprint density at radius 2 is 2.07 bits per heavy atom. The number of carbonyl (C=O) groups is 1. The summed E-state index contributed by atoms with van der Waals surface area (Å²) in [5.74, 6) is -0.0583. The van der Waals surface area contributed by atoms with Crippen LogP contribution < -0.4 is 11.1 Å². The number of carbonyl (C=O) groups excluding carboxylic acids is 1. The van der Waals surface area contributed by atoms with Crippen molar-refractivity contribution in [2.45, 2.75) is 33.1 Å². The zero-order chi connectivity index (χ0) is 11.5. The van der Waals surface area contributed by atoms with Crippen molar-refractivity contribution >= 4 is 5.91 Å². The van der Waals surface area contributed by atoms with E-state index < -0.39 is 0 Å². The Balaban J connectivity index is 3.20. The summed E-state index contributed by atoms with van der Waals surface area (Å²) in [5, 5.41) is 2.83. The molecule has 0 radical (unpaired) electrons. The zero-order valence-corrected chi connectivity index (χ0v) is 9.92. The first-order valence-corrected chi connectivity index (χ1v) is 5.77. The topological polar surface area (TPSA) is 64.3 Å². The van der Waals surface area contributed by atoms with Crippen LogP contribution in [0.1, 0.15) is 33.1 Å². The normalized spacial score (nSPS) is 12.5. The first-order valence-electron chi connectivity index (χ1n) is 5.77. The molecule has 0 fully saturated rings. The molecule has 0 saturated heterocycles. The Kier molecular flexibility index (Phi) is 9.52. The molecule has 0 aliphatic rings. The number of unbranched alkanes of at least 4 members (excludes halogenated alkanes) is 1. The van der Waals surface area contributed by atoms with Crippen LogP contribution in [0.4, 0.5) is 0 Å². The lowest BCUT2D eigenvalue weighted by Gasteiger charge is -2.09. The third-order valence-electron chi connectivity index (χ3n) is 2.21. The molecule has 0 saturated carbocycles. The highest BCUT2D eigenvalue weighted by Crippen LogP contribution is 1.92. The number of rotatable bonds is 9. The molecule has 0 aromatic carbocycles. The predicted molar refractivity (Wildman–Crippen MR) is 61.6 cm³/mol. The van der Waals surface area contributed by atoms with Gasteiger partial charge in [-0.25, -0.2) is 0 Å². The second-order valence-electron chi connectivity index (χ2n) is 3.75. The van der Waals surface area contributed by atoms with E-state index in [2.05, 4.69) is 12.2 Å². The van der Waals surface area contributed by atoms with E-state index in [1.807, 2.05) is 6.92 Å². The fourth-order valence-corrected chi connectivity index (χ4v) is 1.02. The van der Waals surface area contributed by atoms with E-state index >= 15 is 0 Å². The van der Waals surface area contributed by atoms with Gasteiger partial charge >= 0.3 is 0 Å². The van der Waals surface area contributed by atoms with Crippen LogP contribution in [0, 0.1) is 5.92 Å². The van der Waals surface area contributed by atoms with Gasteiger partial charge in [0.2, 0.25) is 5.91 Å². The number of ether oxygens (including phenoxy) is 1. The van der Waals surface area contributed by atoms with E-state index in [0.29, 0.717) is 13.1 Å². The van der Waals surface area contributed by atoms with Gasteiger partial charge in [0.15, 0.2) is 0 Å². The molecule has 15 heavy (non-hydrogen) atoms. The smallest absolute Gasteiger partial charge is 0.224 e. The second-order valence-corrected chi connectivity index (χ2v) is 3.75. The summed E-state index contributed by atoms with van der Waals surface area (Å²) >= 11 is 0. The molecule has 1 unspecified atom stereocenters. The van der Waals surface area contributed by atoms with Gasteiger partial charge in [0.25, 0.3) is 0 Å². The Hall–Kier alpha value is -0.610. The van der Waals surface area contributed by atoms with Gasteiger partial charge in [-0.1, -0.05) is 20.3 Å². The van der Waals surface area contributed by atoms with Crippen LogP contribution in [0.25, 0.3) is 0 Å². The van der Waals surface area contributed by atoms with Crippen LogP contribution in [0.2, 0.25) is 0 Å². The molecule has 0 bridgehead atoms. The summed E-state index contributed by atoms with van der Waals surface area (Å²) in [7, 11) is 0. The largest absolute Gasteiger partial charge is 0.381 e. The third-order valence-corrected chi connectivity index (χ3v) is 2.21. The van der Waals surface area contributed by atoms with Crippen LogP contribution in [0.5, 0.6) is 0 Å². The Labute approximate surface area is 92.6 Å². The molecule has 0 spiro atoms. The molecule has 4 nitrogen and oxygen atoms in total. The molecular formula is C11H24N2O2. The van der Waals surface area contributed by atoms with Crippen molar-refractivity contribution in [1.29, 1.82) is 0 Å². The van der Waals surface area contributed by atoms with Crippen molar-refractivity contribution in [3.63, 3.8) is 0 Å². The average Bonchev–Trinajstić information content (AvgIpc) is 2.26. The van der Waals surface area contributed by atoms with Gasteiger partial charge in [0.05, 0.1) is 0 Å². The van der Waals surface area contributed by atoms with E-state index in [4.69, 9.17) is 10.5 Å². The van der Waals surface area contributed by atoms with Crippen molar-refractivity contribution in [2.24, 2.45) is 11.7 Å². The lowest BCUT2D eigenvalue weighted by Crippen LogP contribution is -2.34. The molecule has 0 heterocycles. The molecule has 90 valence electrons. The summed E-state index contributed by atoms with van der Waals surface area (Å²) in [5.41, 5.74) is 5.37. The lowest BCUT2D eigenvalue weighted by atomic mass is 10.2. The van der Waals surface area contributed by atoms with Crippen molar-refractivity contribution < 1.29 is 9.53 Å². The highest BCUT2D eigenvalue weighted by molar-refractivity contribution is 5.78. The van der Waals surface area contributed by atoms with E-state index in [1.54, 1.807) is 0 Å². The van der Waals surface area contributed by atoms with Gasteiger partial charge < -0.3 is 15.8 Å². The molecule has 1 amide bonds. The molecular weight excluding hydrogens is 192 g/mol. The third kappa shape index (κ3) is 8.39. The van der Waals surface area contributed by atoms with Gasteiger partial charge in [-0.15, -0.1) is 0 Å². The zero-order valence-electron chi connectivity index (χ0n) is 9.92. The Morgan fingerprint density at radius 3 is 2.67 bits per heavy atom. The number of nitrogens with one attached hydrogen (secondary N) is 1. The summed E-state index contributed by atoms with van der Waals surface area (Å²) in [6.07, 6.45) is 3.13. The van der Waals surface area contributed by atoms with E-state index in [1.165, 1.54) is 0 Å². The SMILES string of the molecule is CCCCOCCCNC(=O)C(C)CN. The summed E-state index contributed by atoms with van der Waals surface area (Å²) in [4.78, 5) is 11.3. The second kappa shape index (κ2) is 9.93. The fourth-order valence-electron chi connectivity index (χ4n) is 1.02. The Bertz CT molecular complexity index is 163. The molecule has 4 heteroatoms. The van der Waals surface area contributed by atoms with Crippen LogP contribution in [0.3, 0.4) is 0 Å². The number of amides is 1. The maximum absolute atomic E-state index is 11.3. The monoisotopic (exact) mass is 216 g/mol. The average molecular weight is 216 g/mol. The van der Waals surface area contributed by atoms with E-state index in [0.717, 1.165) is 32.5 Å². The minimum absolute atomic E-state index is 0.0334. The maximum atomic E-state index is 11.3. The molecule has 1 atom stereocenters. The molecule has 0 aliphatic heterocycles. The molecule has 0 aliphatic carbocycles. The van der Waals surface area contributed by atoms with Crippen molar-refractivity contribution in [3.05, 3.63) is 0 Å². The van der Waals surface area contributed by atoms with Gasteiger partial charge in [-0.05, 0) is 12.8 Å². The number of hydrogen-bond acceptors (Lipinski definition) is 3. The highest BCUT2D eigenvalue weighted by atomic mass is 16.5. The maximum Gasteiger partial charge on any atom is 0.224 e. The van der Waals surface area contributed by atoms with Crippen LogP contribution in [-0.2, 0) is 9.53 Å². The lowest BCUT2D eigenvalue weighted by molar-refractivity contribution is -0.124. The van der Waals surface area contributed by atoms with Crippen LogP contribution in [-0.4, -0.2) is 32.2 Å². The summed E-state index contributed by atoms with van der Waals surface area (Å²) in [6.45, 7) is 6.58. The molecule has 0 aromatic rings.